The second-order valence-corrected chi connectivity index (χ2v) is 5.58. The lowest BCUT2D eigenvalue weighted by atomic mass is 10.2. The Bertz CT molecular complexity index is 635. The predicted molar refractivity (Wildman–Crippen MR) is 88.8 cm³/mol. The number of anilines is 1. The highest BCUT2D eigenvalue weighted by Gasteiger charge is 2.21. The summed E-state index contributed by atoms with van der Waals surface area (Å²) < 4.78 is 7.35. The number of hydrogen-bond acceptors (Lipinski definition) is 3. The van der Waals surface area contributed by atoms with E-state index >= 15 is 0 Å². The summed E-state index contributed by atoms with van der Waals surface area (Å²) in [5.41, 5.74) is 0.958. The van der Waals surface area contributed by atoms with Gasteiger partial charge in [0.2, 0.25) is 0 Å². The molecule has 0 saturated carbocycles. The van der Waals surface area contributed by atoms with Gasteiger partial charge in [-0.3, -0.25) is 5.32 Å². The Morgan fingerprint density at radius 2 is 2.22 bits per heavy atom. The van der Waals surface area contributed by atoms with E-state index in [0.717, 1.165) is 25.1 Å². The van der Waals surface area contributed by atoms with Crippen LogP contribution in [-0.2, 0) is 4.74 Å². The third-order valence-electron chi connectivity index (χ3n) is 3.96. The van der Waals surface area contributed by atoms with Crippen molar-refractivity contribution in [1.82, 2.24) is 14.7 Å². The van der Waals surface area contributed by atoms with Gasteiger partial charge in [0.1, 0.15) is 0 Å². The summed E-state index contributed by atoms with van der Waals surface area (Å²) in [4.78, 5) is 14.1. The zero-order valence-corrected chi connectivity index (χ0v) is 13.3. The highest BCUT2D eigenvalue weighted by atomic mass is 16.5. The normalized spacial score (nSPS) is 17.2. The first-order valence-corrected chi connectivity index (χ1v) is 8.05. The van der Waals surface area contributed by atoms with Crippen molar-refractivity contribution >= 4 is 11.8 Å². The standard InChI is InChI=1S/C17H22N4O2/c1-2-20(13-15-9-6-12-23-15)17(22)18-16-10-11-21(19-16)14-7-4-3-5-8-14/h3-5,7-8,10-11,15H,2,6,9,12-13H2,1H3,(H,18,19,22)/t15-/m0/s1. The van der Waals surface area contributed by atoms with Crippen molar-refractivity contribution in [2.45, 2.75) is 25.9 Å². The molecule has 2 heterocycles. The molecule has 0 bridgehead atoms. The van der Waals surface area contributed by atoms with Crippen LogP contribution in [0.5, 0.6) is 0 Å². The van der Waals surface area contributed by atoms with Crippen molar-refractivity contribution in [3.63, 3.8) is 0 Å². The zero-order chi connectivity index (χ0) is 16.1. The molecular weight excluding hydrogens is 292 g/mol. The Balaban J connectivity index is 1.61. The van der Waals surface area contributed by atoms with Gasteiger partial charge in [-0.05, 0) is 31.9 Å². The summed E-state index contributed by atoms with van der Waals surface area (Å²) >= 11 is 0. The maximum Gasteiger partial charge on any atom is 0.323 e. The van der Waals surface area contributed by atoms with Crippen LogP contribution >= 0.6 is 0 Å². The number of benzene rings is 1. The first-order chi connectivity index (χ1) is 11.3. The number of carbonyl (C=O) groups excluding carboxylic acids is 1. The van der Waals surface area contributed by atoms with Gasteiger partial charge < -0.3 is 9.64 Å². The molecule has 2 aromatic rings. The fourth-order valence-electron chi connectivity index (χ4n) is 2.69. The average molecular weight is 314 g/mol. The molecule has 6 nitrogen and oxygen atoms in total. The number of para-hydroxylation sites is 1. The first-order valence-electron chi connectivity index (χ1n) is 8.05. The lowest BCUT2D eigenvalue weighted by molar-refractivity contribution is 0.0849. The summed E-state index contributed by atoms with van der Waals surface area (Å²) in [7, 11) is 0. The summed E-state index contributed by atoms with van der Waals surface area (Å²) in [6.07, 6.45) is 4.08. The molecule has 3 rings (SSSR count). The molecule has 1 fully saturated rings. The van der Waals surface area contributed by atoms with Gasteiger partial charge in [-0.25, -0.2) is 9.48 Å². The van der Waals surface area contributed by atoms with E-state index in [-0.39, 0.29) is 12.1 Å². The van der Waals surface area contributed by atoms with Gasteiger partial charge in [0, 0.05) is 32.0 Å². The maximum atomic E-state index is 12.4. The second-order valence-electron chi connectivity index (χ2n) is 5.58. The van der Waals surface area contributed by atoms with E-state index in [4.69, 9.17) is 4.74 Å². The SMILES string of the molecule is CCN(C[C@@H]1CCCO1)C(=O)Nc1ccn(-c2ccccc2)n1. The van der Waals surface area contributed by atoms with E-state index in [1.165, 1.54) is 0 Å². The van der Waals surface area contributed by atoms with Crippen LogP contribution in [0.3, 0.4) is 0 Å². The molecule has 0 radical (unpaired) electrons. The third kappa shape index (κ3) is 3.90. The molecule has 2 amide bonds. The van der Waals surface area contributed by atoms with Gasteiger partial charge in [0.05, 0.1) is 11.8 Å². The van der Waals surface area contributed by atoms with Crippen molar-refractivity contribution in [3.8, 4) is 5.69 Å². The molecule has 1 aromatic carbocycles. The number of urea groups is 1. The molecule has 1 N–H and O–H groups in total. The van der Waals surface area contributed by atoms with E-state index < -0.39 is 0 Å². The van der Waals surface area contributed by atoms with E-state index in [1.54, 1.807) is 15.6 Å². The van der Waals surface area contributed by atoms with E-state index in [1.807, 2.05) is 43.5 Å². The van der Waals surface area contributed by atoms with Crippen LogP contribution in [-0.4, -0.2) is 46.5 Å². The van der Waals surface area contributed by atoms with Gasteiger partial charge >= 0.3 is 6.03 Å². The monoisotopic (exact) mass is 314 g/mol. The molecule has 1 aliphatic heterocycles. The number of rotatable bonds is 5. The lowest BCUT2D eigenvalue weighted by Gasteiger charge is -2.23. The zero-order valence-electron chi connectivity index (χ0n) is 13.3. The van der Waals surface area contributed by atoms with Crippen molar-refractivity contribution in [3.05, 3.63) is 42.6 Å². The molecule has 1 aromatic heterocycles. The molecule has 1 aliphatic rings. The van der Waals surface area contributed by atoms with Crippen LogP contribution in [0.1, 0.15) is 19.8 Å². The molecule has 0 unspecified atom stereocenters. The van der Waals surface area contributed by atoms with Crippen LogP contribution in [0.15, 0.2) is 42.6 Å². The molecule has 23 heavy (non-hydrogen) atoms. The average Bonchev–Trinajstić information content (AvgIpc) is 3.25. The largest absolute Gasteiger partial charge is 0.376 e. The van der Waals surface area contributed by atoms with Crippen molar-refractivity contribution in [2.75, 3.05) is 25.0 Å². The first kappa shape index (κ1) is 15.6. The number of carbonyl (C=O) groups is 1. The Morgan fingerprint density at radius 3 is 2.91 bits per heavy atom. The molecule has 6 heteroatoms. The Hall–Kier alpha value is -2.34. The van der Waals surface area contributed by atoms with Crippen molar-refractivity contribution < 1.29 is 9.53 Å². The van der Waals surface area contributed by atoms with Crippen LogP contribution in [0.2, 0.25) is 0 Å². The van der Waals surface area contributed by atoms with Gasteiger partial charge in [-0.1, -0.05) is 18.2 Å². The third-order valence-corrected chi connectivity index (χ3v) is 3.96. The lowest BCUT2D eigenvalue weighted by Crippen LogP contribution is -2.40. The Kier molecular flexibility index (Phi) is 4.92. The van der Waals surface area contributed by atoms with E-state index in [9.17, 15) is 4.79 Å². The van der Waals surface area contributed by atoms with Crippen LogP contribution in [0.4, 0.5) is 10.6 Å². The molecule has 0 spiro atoms. The minimum Gasteiger partial charge on any atom is -0.376 e. The van der Waals surface area contributed by atoms with Gasteiger partial charge in [0.25, 0.3) is 0 Å². The smallest absolute Gasteiger partial charge is 0.323 e. The summed E-state index contributed by atoms with van der Waals surface area (Å²) in [5.74, 6) is 0.546. The number of hydrogen-bond donors (Lipinski definition) is 1. The van der Waals surface area contributed by atoms with Crippen LogP contribution in [0.25, 0.3) is 5.69 Å². The van der Waals surface area contributed by atoms with E-state index in [2.05, 4.69) is 10.4 Å². The minimum absolute atomic E-state index is 0.138. The number of amides is 2. The number of nitrogens with zero attached hydrogens (tertiary/aromatic N) is 3. The molecule has 122 valence electrons. The van der Waals surface area contributed by atoms with Gasteiger partial charge in [0.15, 0.2) is 5.82 Å². The highest BCUT2D eigenvalue weighted by molar-refractivity contribution is 5.88. The second kappa shape index (κ2) is 7.28. The number of aromatic nitrogens is 2. The fourth-order valence-corrected chi connectivity index (χ4v) is 2.69. The molecule has 1 saturated heterocycles. The number of likely N-dealkylation sites (N-methyl/N-ethyl adjacent to an activating group) is 1. The topological polar surface area (TPSA) is 59.4 Å². The molecule has 1 atom stereocenters. The summed E-state index contributed by atoms with van der Waals surface area (Å²) in [6.45, 7) is 4.04. The fraction of sp³-hybridized carbons (Fsp3) is 0.412. The van der Waals surface area contributed by atoms with Gasteiger partial charge in [-0.2, -0.15) is 0 Å². The summed E-state index contributed by atoms with van der Waals surface area (Å²) in [5, 5.41) is 7.25. The highest BCUT2D eigenvalue weighted by Crippen LogP contribution is 2.15. The Morgan fingerprint density at radius 1 is 1.39 bits per heavy atom. The number of nitrogens with one attached hydrogen (secondary N) is 1. The van der Waals surface area contributed by atoms with Crippen LogP contribution in [0, 0.1) is 0 Å². The molecule has 0 aliphatic carbocycles. The van der Waals surface area contributed by atoms with Crippen molar-refractivity contribution in [1.29, 1.82) is 0 Å². The summed E-state index contributed by atoms with van der Waals surface area (Å²) in [6, 6.07) is 11.5. The van der Waals surface area contributed by atoms with E-state index in [0.29, 0.717) is 18.9 Å². The van der Waals surface area contributed by atoms with Gasteiger partial charge in [-0.15, -0.1) is 5.10 Å². The number of ether oxygens (including phenoxy) is 1. The maximum absolute atomic E-state index is 12.4. The van der Waals surface area contributed by atoms with Crippen LogP contribution < -0.4 is 5.32 Å². The molecular formula is C17H22N4O2. The quantitative estimate of drug-likeness (QED) is 0.923. The van der Waals surface area contributed by atoms with Crippen molar-refractivity contribution in [2.24, 2.45) is 0 Å². The predicted octanol–water partition coefficient (Wildman–Crippen LogP) is 2.91. The minimum atomic E-state index is -0.138. The Labute approximate surface area is 136 Å².